The lowest BCUT2D eigenvalue weighted by Gasteiger charge is -2.25. The van der Waals surface area contributed by atoms with E-state index in [1.807, 2.05) is 56.6 Å². The predicted molar refractivity (Wildman–Crippen MR) is 108 cm³/mol. The molecule has 1 N–H and O–H groups in total. The lowest BCUT2D eigenvalue weighted by molar-refractivity contribution is -0.123. The van der Waals surface area contributed by atoms with E-state index in [1.165, 1.54) is 5.56 Å². The first-order chi connectivity index (χ1) is 12.9. The Kier molecular flexibility index (Phi) is 7.67. The zero-order chi connectivity index (χ0) is 19.8. The molecule has 0 spiro atoms. The third-order valence-corrected chi connectivity index (χ3v) is 4.49. The molecule has 146 valence electrons. The van der Waals surface area contributed by atoms with Gasteiger partial charge in [-0.3, -0.25) is 4.79 Å². The topological polar surface area (TPSA) is 50.8 Å². The van der Waals surface area contributed by atoms with Gasteiger partial charge in [0, 0.05) is 6.54 Å². The molecule has 2 aromatic carbocycles. The Balaban J connectivity index is 1.91. The number of hydrogen-bond donors (Lipinski definition) is 1. The van der Waals surface area contributed by atoms with Crippen LogP contribution in [0.1, 0.15) is 36.9 Å². The van der Waals surface area contributed by atoms with E-state index in [-0.39, 0.29) is 18.6 Å². The number of methoxy groups -OCH3 is 1. The Labute approximate surface area is 162 Å². The van der Waals surface area contributed by atoms with E-state index in [9.17, 15) is 4.79 Å². The highest BCUT2D eigenvalue weighted by Crippen LogP contribution is 2.22. The molecule has 1 atom stereocenters. The van der Waals surface area contributed by atoms with Gasteiger partial charge in [0.2, 0.25) is 0 Å². The van der Waals surface area contributed by atoms with Crippen LogP contribution in [0.25, 0.3) is 0 Å². The van der Waals surface area contributed by atoms with Crippen molar-refractivity contribution in [1.82, 2.24) is 10.2 Å². The summed E-state index contributed by atoms with van der Waals surface area (Å²) in [4.78, 5) is 14.3. The average Bonchev–Trinajstić information content (AvgIpc) is 2.66. The molecule has 1 unspecified atom stereocenters. The molecule has 0 aromatic heterocycles. The van der Waals surface area contributed by atoms with Crippen LogP contribution in [0.2, 0.25) is 0 Å². The zero-order valence-corrected chi connectivity index (χ0v) is 16.9. The molecule has 0 fully saturated rings. The second-order valence-corrected chi connectivity index (χ2v) is 7.08. The average molecular weight is 370 g/mol. The van der Waals surface area contributed by atoms with Crippen molar-refractivity contribution >= 4 is 5.91 Å². The van der Waals surface area contributed by atoms with Crippen molar-refractivity contribution in [3.63, 3.8) is 0 Å². The number of nitrogens with zero attached hydrogens (tertiary/aromatic N) is 1. The first-order valence-corrected chi connectivity index (χ1v) is 9.20. The molecule has 0 saturated carbocycles. The van der Waals surface area contributed by atoms with E-state index in [0.29, 0.717) is 18.2 Å². The summed E-state index contributed by atoms with van der Waals surface area (Å²) in [5, 5.41) is 2.96. The van der Waals surface area contributed by atoms with Crippen LogP contribution in [0.15, 0.2) is 48.5 Å². The van der Waals surface area contributed by atoms with Crippen LogP contribution in [0, 0.1) is 0 Å². The number of ether oxygens (including phenoxy) is 2. The maximum Gasteiger partial charge on any atom is 0.258 e. The Hall–Kier alpha value is -2.53. The summed E-state index contributed by atoms with van der Waals surface area (Å²) >= 11 is 0. The smallest absolute Gasteiger partial charge is 0.258 e. The predicted octanol–water partition coefficient (Wildman–Crippen LogP) is 3.62. The van der Waals surface area contributed by atoms with Gasteiger partial charge in [-0.15, -0.1) is 0 Å². The highest BCUT2D eigenvalue weighted by atomic mass is 16.5. The van der Waals surface area contributed by atoms with Gasteiger partial charge in [-0.2, -0.15) is 0 Å². The molecule has 2 aromatic rings. The molecule has 2 rings (SSSR count). The second-order valence-electron chi connectivity index (χ2n) is 7.08. The first kappa shape index (κ1) is 20.8. The molecule has 0 aliphatic carbocycles. The number of carbonyl (C=O) groups excluding carboxylic acids is 1. The van der Waals surface area contributed by atoms with Gasteiger partial charge in [-0.05, 0) is 55.4 Å². The summed E-state index contributed by atoms with van der Waals surface area (Å²) in [6, 6.07) is 15.8. The second kappa shape index (κ2) is 9.97. The van der Waals surface area contributed by atoms with Crippen molar-refractivity contribution in [2.24, 2.45) is 0 Å². The lowest BCUT2D eigenvalue weighted by atomic mass is 10.0. The molecule has 5 nitrogen and oxygen atoms in total. The summed E-state index contributed by atoms with van der Waals surface area (Å²) in [6.07, 6.45) is 0. The van der Waals surface area contributed by atoms with Crippen molar-refractivity contribution in [3.8, 4) is 11.5 Å². The molecular formula is C22H30N2O3. The first-order valence-electron chi connectivity index (χ1n) is 9.20. The fourth-order valence-electron chi connectivity index (χ4n) is 2.82. The van der Waals surface area contributed by atoms with Crippen LogP contribution in [0.3, 0.4) is 0 Å². The monoisotopic (exact) mass is 370 g/mol. The number of benzene rings is 2. The summed E-state index contributed by atoms with van der Waals surface area (Å²) in [5.74, 6) is 1.80. The SMILES string of the molecule is COc1cccc(C(CNC(=O)COc2cccc(C(C)C)c2)N(C)C)c1. The van der Waals surface area contributed by atoms with E-state index in [2.05, 4.69) is 30.1 Å². The van der Waals surface area contributed by atoms with Crippen LogP contribution >= 0.6 is 0 Å². The van der Waals surface area contributed by atoms with Crippen LogP contribution in [-0.4, -0.2) is 45.2 Å². The zero-order valence-electron chi connectivity index (χ0n) is 16.9. The normalized spacial score (nSPS) is 12.1. The van der Waals surface area contributed by atoms with Crippen LogP contribution < -0.4 is 14.8 Å². The van der Waals surface area contributed by atoms with E-state index in [0.717, 1.165) is 11.3 Å². The molecule has 0 radical (unpaired) electrons. The van der Waals surface area contributed by atoms with Crippen molar-refractivity contribution in [3.05, 3.63) is 59.7 Å². The van der Waals surface area contributed by atoms with Crippen molar-refractivity contribution in [1.29, 1.82) is 0 Å². The molecule has 0 aliphatic heterocycles. The van der Waals surface area contributed by atoms with Gasteiger partial charge in [0.25, 0.3) is 5.91 Å². The van der Waals surface area contributed by atoms with Crippen molar-refractivity contribution < 1.29 is 14.3 Å². The fraction of sp³-hybridized carbons (Fsp3) is 0.409. The number of nitrogens with one attached hydrogen (secondary N) is 1. The summed E-state index contributed by atoms with van der Waals surface area (Å²) < 4.78 is 10.9. The van der Waals surface area contributed by atoms with Gasteiger partial charge in [-0.1, -0.05) is 38.1 Å². The quantitative estimate of drug-likeness (QED) is 0.732. The molecule has 1 amide bonds. The van der Waals surface area contributed by atoms with Gasteiger partial charge in [-0.25, -0.2) is 0 Å². The van der Waals surface area contributed by atoms with Gasteiger partial charge >= 0.3 is 0 Å². The molecule has 0 bridgehead atoms. The molecule has 0 saturated heterocycles. The molecule has 0 heterocycles. The number of amides is 1. The highest BCUT2D eigenvalue weighted by molar-refractivity contribution is 5.77. The van der Waals surface area contributed by atoms with Gasteiger partial charge in [0.05, 0.1) is 13.2 Å². The fourth-order valence-corrected chi connectivity index (χ4v) is 2.82. The minimum Gasteiger partial charge on any atom is -0.497 e. The summed E-state index contributed by atoms with van der Waals surface area (Å²) in [5.41, 5.74) is 2.28. The number of hydrogen-bond acceptors (Lipinski definition) is 4. The summed E-state index contributed by atoms with van der Waals surface area (Å²) in [7, 11) is 5.63. The minimum atomic E-state index is -0.139. The molecule has 0 aliphatic rings. The largest absolute Gasteiger partial charge is 0.497 e. The Bertz CT molecular complexity index is 744. The third kappa shape index (κ3) is 6.29. The third-order valence-electron chi connectivity index (χ3n) is 4.49. The van der Waals surface area contributed by atoms with E-state index >= 15 is 0 Å². The Morgan fingerprint density at radius 2 is 1.67 bits per heavy atom. The standard InChI is InChI=1S/C22H30N2O3/c1-16(2)17-8-6-11-20(12-17)27-15-22(25)23-14-21(24(3)4)18-9-7-10-19(13-18)26-5/h6-13,16,21H,14-15H2,1-5H3,(H,23,25). The van der Waals surface area contributed by atoms with Gasteiger partial charge in [0.1, 0.15) is 11.5 Å². The molecule has 27 heavy (non-hydrogen) atoms. The van der Waals surface area contributed by atoms with Crippen molar-refractivity contribution in [2.75, 3.05) is 34.4 Å². The van der Waals surface area contributed by atoms with Crippen LogP contribution in [0.5, 0.6) is 11.5 Å². The van der Waals surface area contributed by atoms with Gasteiger partial charge < -0.3 is 19.7 Å². The number of likely N-dealkylation sites (N-methyl/N-ethyl adjacent to an activating group) is 1. The molecular weight excluding hydrogens is 340 g/mol. The van der Waals surface area contributed by atoms with E-state index in [1.54, 1.807) is 7.11 Å². The van der Waals surface area contributed by atoms with E-state index in [4.69, 9.17) is 9.47 Å². The van der Waals surface area contributed by atoms with E-state index < -0.39 is 0 Å². The lowest BCUT2D eigenvalue weighted by Crippen LogP contribution is -2.36. The Morgan fingerprint density at radius 3 is 2.30 bits per heavy atom. The molecule has 5 heteroatoms. The minimum absolute atomic E-state index is 0.000191. The van der Waals surface area contributed by atoms with Crippen molar-refractivity contribution in [2.45, 2.75) is 25.8 Å². The van der Waals surface area contributed by atoms with Crippen LogP contribution in [-0.2, 0) is 4.79 Å². The maximum absolute atomic E-state index is 12.2. The number of rotatable bonds is 9. The summed E-state index contributed by atoms with van der Waals surface area (Å²) in [6.45, 7) is 4.76. The Morgan fingerprint density at radius 1 is 1.04 bits per heavy atom. The highest BCUT2D eigenvalue weighted by Gasteiger charge is 2.16. The maximum atomic E-state index is 12.2. The van der Waals surface area contributed by atoms with Crippen LogP contribution in [0.4, 0.5) is 0 Å². The van der Waals surface area contributed by atoms with Gasteiger partial charge in [0.15, 0.2) is 6.61 Å². The number of carbonyl (C=O) groups is 1.